The van der Waals surface area contributed by atoms with Crippen LogP contribution in [0.5, 0.6) is 5.75 Å². The van der Waals surface area contributed by atoms with Crippen LogP contribution in [0.15, 0.2) is 42.7 Å². The molecule has 1 aliphatic rings. The fraction of sp³-hybridized carbons (Fsp3) is 0.350. The number of nitrogens with zero attached hydrogens (tertiary/aromatic N) is 3. The van der Waals surface area contributed by atoms with Crippen molar-refractivity contribution in [2.45, 2.75) is 32.2 Å². The minimum atomic E-state index is 0.105. The second-order valence-electron chi connectivity index (χ2n) is 6.60. The van der Waals surface area contributed by atoms with Gasteiger partial charge in [-0.05, 0) is 36.6 Å². The largest absolute Gasteiger partial charge is 0.497 e. The summed E-state index contributed by atoms with van der Waals surface area (Å²) >= 11 is 1.55. The van der Waals surface area contributed by atoms with Crippen LogP contribution in [-0.2, 0) is 11.3 Å². The van der Waals surface area contributed by atoms with Gasteiger partial charge in [-0.1, -0.05) is 30.2 Å². The standard InChI is InChI=1S/C20H21N3O2S/c1-25-16-8-9-18-17(11-16)22-20(26-18)23(13-14-5-4-10-21-12-14)19(24)15-6-2-3-7-15/h4-5,8-12,15H,2-3,6-7,13H2,1H3. The summed E-state index contributed by atoms with van der Waals surface area (Å²) in [6.45, 7) is 0.500. The lowest BCUT2D eigenvalue weighted by atomic mass is 10.1. The third kappa shape index (κ3) is 3.42. The minimum absolute atomic E-state index is 0.105. The SMILES string of the molecule is COc1ccc2sc(N(Cc3cccnc3)C(=O)C3CCCC3)nc2c1. The zero-order valence-corrected chi connectivity index (χ0v) is 15.5. The molecule has 0 N–H and O–H groups in total. The van der Waals surface area contributed by atoms with Crippen LogP contribution in [0.3, 0.4) is 0 Å². The maximum atomic E-state index is 13.2. The van der Waals surface area contributed by atoms with E-state index < -0.39 is 0 Å². The van der Waals surface area contributed by atoms with Gasteiger partial charge in [-0.15, -0.1) is 0 Å². The van der Waals surface area contributed by atoms with Crippen LogP contribution in [0, 0.1) is 5.92 Å². The number of carbonyl (C=O) groups excluding carboxylic acids is 1. The lowest BCUT2D eigenvalue weighted by Gasteiger charge is -2.23. The minimum Gasteiger partial charge on any atom is -0.497 e. The summed E-state index contributed by atoms with van der Waals surface area (Å²) in [5, 5.41) is 0.744. The van der Waals surface area contributed by atoms with Gasteiger partial charge in [-0.25, -0.2) is 4.98 Å². The van der Waals surface area contributed by atoms with E-state index in [-0.39, 0.29) is 11.8 Å². The smallest absolute Gasteiger partial charge is 0.232 e. The molecule has 1 fully saturated rings. The van der Waals surface area contributed by atoms with Gasteiger partial charge in [-0.2, -0.15) is 0 Å². The molecule has 0 spiro atoms. The molecule has 2 aromatic heterocycles. The Morgan fingerprint density at radius 2 is 2.15 bits per heavy atom. The molecule has 0 radical (unpaired) electrons. The van der Waals surface area contributed by atoms with E-state index in [1.165, 1.54) is 0 Å². The number of benzene rings is 1. The van der Waals surface area contributed by atoms with Crippen molar-refractivity contribution < 1.29 is 9.53 Å². The third-order valence-corrected chi connectivity index (χ3v) is 5.91. The first-order valence-corrected chi connectivity index (χ1v) is 9.71. The maximum absolute atomic E-state index is 13.2. The number of thiazole rings is 1. The van der Waals surface area contributed by atoms with Crippen molar-refractivity contribution in [3.8, 4) is 5.75 Å². The average Bonchev–Trinajstić information content (AvgIpc) is 3.35. The molecule has 6 heteroatoms. The molecule has 26 heavy (non-hydrogen) atoms. The van der Waals surface area contributed by atoms with E-state index in [0.717, 1.165) is 52.3 Å². The van der Waals surface area contributed by atoms with Gasteiger partial charge >= 0.3 is 0 Å². The van der Waals surface area contributed by atoms with Crippen LogP contribution in [-0.4, -0.2) is 23.0 Å². The Balaban J connectivity index is 1.70. The Morgan fingerprint density at radius 3 is 2.88 bits per heavy atom. The van der Waals surface area contributed by atoms with Crippen LogP contribution in [0.1, 0.15) is 31.2 Å². The van der Waals surface area contributed by atoms with Gasteiger partial charge in [-0.3, -0.25) is 14.7 Å². The van der Waals surface area contributed by atoms with Gasteiger partial charge in [0.25, 0.3) is 0 Å². The molecule has 0 bridgehead atoms. The molecular weight excluding hydrogens is 346 g/mol. The predicted molar refractivity (Wildman–Crippen MR) is 104 cm³/mol. The lowest BCUT2D eigenvalue weighted by molar-refractivity contribution is -0.122. The van der Waals surface area contributed by atoms with Crippen LogP contribution < -0.4 is 9.64 Å². The van der Waals surface area contributed by atoms with E-state index in [9.17, 15) is 4.79 Å². The number of aromatic nitrogens is 2. The highest BCUT2D eigenvalue weighted by atomic mass is 32.1. The molecule has 0 saturated heterocycles. The van der Waals surface area contributed by atoms with E-state index in [1.54, 1.807) is 24.6 Å². The van der Waals surface area contributed by atoms with E-state index in [4.69, 9.17) is 9.72 Å². The van der Waals surface area contributed by atoms with Gasteiger partial charge in [0.2, 0.25) is 5.91 Å². The van der Waals surface area contributed by atoms with Crippen LogP contribution in [0.2, 0.25) is 0 Å². The first kappa shape index (κ1) is 17.0. The van der Waals surface area contributed by atoms with Crippen molar-refractivity contribution in [2.24, 2.45) is 5.92 Å². The third-order valence-electron chi connectivity index (χ3n) is 4.85. The van der Waals surface area contributed by atoms with E-state index in [1.807, 2.05) is 41.4 Å². The molecule has 0 aliphatic heterocycles. The predicted octanol–water partition coefficient (Wildman–Crippen LogP) is 4.42. The highest BCUT2D eigenvalue weighted by molar-refractivity contribution is 7.22. The number of methoxy groups -OCH3 is 1. The summed E-state index contributed by atoms with van der Waals surface area (Å²) < 4.78 is 6.34. The first-order valence-electron chi connectivity index (χ1n) is 8.89. The van der Waals surface area contributed by atoms with Gasteiger partial charge in [0.15, 0.2) is 5.13 Å². The molecule has 2 heterocycles. The summed E-state index contributed by atoms with van der Waals surface area (Å²) in [6.07, 6.45) is 7.77. The fourth-order valence-electron chi connectivity index (χ4n) is 3.44. The molecule has 3 aromatic rings. The number of hydrogen-bond acceptors (Lipinski definition) is 5. The summed E-state index contributed by atoms with van der Waals surface area (Å²) in [7, 11) is 1.65. The molecular formula is C20H21N3O2S. The monoisotopic (exact) mass is 367 g/mol. The summed E-state index contributed by atoms with van der Waals surface area (Å²) in [6, 6.07) is 9.73. The van der Waals surface area contributed by atoms with Gasteiger partial charge in [0.05, 0.1) is 23.9 Å². The van der Waals surface area contributed by atoms with Crippen molar-refractivity contribution in [3.05, 3.63) is 48.3 Å². The van der Waals surface area contributed by atoms with Crippen molar-refractivity contribution in [1.82, 2.24) is 9.97 Å². The first-order chi connectivity index (χ1) is 12.7. The Bertz CT molecular complexity index is 904. The number of rotatable bonds is 5. The quantitative estimate of drug-likeness (QED) is 0.670. The fourth-order valence-corrected chi connectivity index (χ4v) is 4.40. The average molecular weight is 367 g/mol. The number of ether oxygens (including phenoxy) is 1. The molecule has 1 aromatic carbocycles. The van der Waals surface area contributed by atoms with Crippen molar-refractivity contribution in [1.29, 1.82) is 0 Å². The molecule has 1 amide bonds. The highest BCUT2D eigenvalue weighted by Crippen LogP contribution is 2.35. The lowest BCUT2D eigenvalue weighted by Crippen LogP contribution is -2.34. The Kier molecular flexibility index (Phi) is 4.84. The van der Waals surface area contributed by atoms with Gasteiger partial charge in [0.1, 0.15) is 5.75 Å². The zero-order valence-electron chi connectivity index (χ0n) is 14.7. The topological polar surface area (TPSA) is 55.3 Å². The highest BCUT2D eigenvalue weighted by Gasteiger charge is 2.30. The number of amides is 1. The second-order valence-corrected chi connectivity index (χ2v) is 7.61. The second kappa shape index (κ2) is 7.41. The number of fused-ring (bicyclic) bond motifs is 1. The summed E-state index contributed by atoms with van der Waals surface area (Å²) in [4.78, 5) is 24.0. The molecule has 4 rings (SSSR count). The van der Waals surface area contributed by atoms with Gasteiger partial charge < -0.3 is 4.74 Å². The number of hydrogen-bond donors (Lipinski definition) is 0. The van der Waals surface area contributed by atoms with Gasteiger partial charge in [0, 0.05) is 24.4 Å². The molecule has 134 valence electrons. The van der Waals surface area contributed by atoms with Crippen molar-refractivity contribution in [3.63, 3.8) is 0 Å². The normalized spacial score (nSPS) is 14.7. The Hall–Kier alpha value is -2.47. The number of pyridine rings is 1. The van der Waals surface area contributed by atoms with Crippen LogP contribution in [0.4, 0.5) is 5.13 Å². The van der Waals surface area contributed by atoms with E-state index in [2.05, 4.69) is 4.98 Å². The summed E-state index contributed by atoms with van der Waals surface area (Å²) in [5.41, 5.74) is 1.87. The number of anilines is 1. The zero-order chi connectivity index (χ0) is 17.9. The Labute approximate surface area is 156 Å². The van der Waals surface area contributed by atoms with Crippen molar-refractivity contribution >= 4 is 32.6 Å². The van der Waals surface area contributed by atoms with E-state index >= 15 is 0 Å². The molecule has 0 unspecified atom stereocenters. The maximum Gasteiger partial charge on any atom is 0.232 e. The number of carbonyl (C=O) groups is 1. The van der Waals surface area contributed by atoms with Crippen LogP contribution in [0.25, 0.3) is 10.2 Å². The van der Waals surface area contributed by atoms with Crippen molar-refractivity contribution in [2.75, 3.05) is 12.0 Å². The van der Waals surface area contributed by atoms with E-state index in [0.29, 0.717) is 6.54 Å². The molecule has 1 aliphatic carbocycles. The van der Waals surface area contributed by atoms with Crippen LogP contribution >= 0.6 is 11.3 Å². The molecule has 0 atom stereocenters. The Morgan fingerprint density at radius 1 is 1.31 bits per heavy atom. The molecule has 1 saturated carbocycles. The summed E-state index contributed by atoms with van der Waals surface area (Å²) in [5.74, 6) is 1.06. The molecule has 5 nitrogen and oxygen atoms in total.